The molecule has 1 aliphatic rings. The fourth-order valence-corrected chi connectivity index (χ4v) is 5.43. The second-order valence-corrected chi connectivity index (χ2v) is 9.39. The molecule has 6 rings (SSSR count). The van der Waals surface area contributed by atoms with Crippen molar-refractivity contribution in [1.82, 2.24) is 0 Å². The van der Waals surface area contributed by atoms with Crippen molar-refractivity contribution in [2.45, 2.75) is 19.3 Å². The third-order valence-corrected chi connectivity index (χ3v) is 7.11. The van der Waals surface area contributed by atoms with Crippen molar-refractivity contribution in [1.29, 1.82) is 0 Å². The molecule has 158 valence electrons. The van der Waals surface area contributed by atoms with Gasteiger partial charge in [0.15, 0.2) is 0 Å². The summed E-state index contributed by atoms with van der Waals surface area (Å²) in [5.74, 6) is 0. The van der Waals surface area contributed by atoms with Crippen molar-refractivity contribution >= 4 is 0 Å². The lowest BCUT2D eigenvalue weighted by Crippen LogP contribution is -2.14. The normalized spacial score (nSPS) is 13.4. The van der Waals surface area contributed by atoms with Crippen LogP contribution in [0.1, 0.15) is 25.0 Å². The first-order chi connectivity index (χ1) is 16.1. The molecule has 5 aromatic rings. The van der Waals surface area contributed by atoms with Crippen molar-refractivity contribution < 1.29 is 0 Å². The van der Waals surface area contributed by atoms with Crippen molar-refractivity contribution in [3.8, 4) is 44.5 Å². The van der Waals surface area contributed by atoms with E-state index in [9.17, 15) is 0 Å². The van der Waals surface area contributed by atoms with Gasteiger partial charge < -0.3 is 0 Å². The monoisotopic (exact) mass is 422 g/mol. The topological polar surface area (TPSA) is 0 Å². The lowest BCUT2D eigenvalue weighted by Gasteiger charge is -2.22. The zero-order valence-corrected chi connectivity index (χ0v) is 19.0. The predicted octanol–water partition coefficient (Wildman–Crippen LogP) is 8.99. The number of benzene rings is 5. The average molecular weight is 423 g/mol. The molecule has 0 spiro atoms. The van der Waals surface area contributed by atoms with E-state index in [4.69, 9.17) is 0 Å². The van der Waals surface area contributed by atoms with Gasteiger partial charge in [0.25, 0.3) is 0 Å². The Morgan fingerprint density at radius 1 is 0.394 bits per heavy atom. The maximum Gasteiger partial charge on any atom is 0.0159 e. The summed E-state index contributed by atoms with van der Waals surface area (Å²) in [5, 5.41) is 0. The Morgan fingerprint density at radius 2 is 1.00 bits per heavy atom. The van der Waals surface area contributed by atoms with E-state index in [1.807, 2.05) is 0 Å². The molecular formula is C33H26. The van der Waals surface area contributed by atoms with E-state index in [0.717, 1.165) is 0 Å². The lowest BCUT2D eigenvalue weighted by atomic mass is 9.81. The van der Waals surface area contributed by atoms with Crippen LogP contribution in [-0.4, -0.2) is 0 Å². The largest absolute Gasteiger partial charge is 0.0622 e. The van der Waals surface area contributed by atoms with Gasteiger partial charge in [-0.15, -0.1) is 0 Å². The SMILES string of the molecule is CC1(C)c2ccccc2-c2c(-c3cc(-c4ccccc4)ccc3-c3ccccc3)cccc21. The van der Waals surface area contributed by atoms with Gasteiger partial charge >= 0.3 is 0 Å². The third kappa shape index (κ3) is 3.14. The molecule has 0 unspecified atom stereocenters. The van der Waals surface area contributed by atoms with Crippen LogP contribution in [0.4, 0.5) is 0 Å². The molecule has 0 heteroatoms. The van der Waals surface area contributed by atoms with Crippen molar-refractivity contribution in [2.75, 3.05) is 0 Å². The molecule has 0 fully saturated rings. The number of rotatable bonds is 3. The van der Waals surface area contributed by atoms with Crippen LogP contribution in [0.5, 0.6) is 0 Å². The Hall–Kier alpha value is -3.90. The second-order valence-electron chi connectivity index (χ2n) is 9.39. The van der Waals surface area contributed by atoms with E-state index < -0.39 is 0 Å². The molecule has 0 heterocycles. The maximum absolute atomic E-state index is 2.38. The summed E-state index contributed by atoms with van der Waals surface area (Å²) in [4.78, 5) is 0. The molecule has 33 heavy (non-hydrogen) atoms. The number of hydrogen-bond donors (Lipinski definition) is 0. The Morgan fingerprint density at radius 3 is 1.76 bits per heavy atom. The summed E-state index contributed by atoms with van der Waals surface area (Å²) in [6.45, 7) is 4.69. The van der Waals surface area contributed by atoms with E-state index in [-0.39, 0.29) is 5.41 Å². The highest BCUT2D eigenvalue weighted by Crippen LogP contribution is 2.53. The highest BCUT2D eigenvalue weighted by molar-refractivity contribution is 5.98. The number of fused-ring (bicyclic) bond motifs is 3. The Balaban J connectivity index is 1.67. The minimum Gasteiger partial charge on any atom is -0.0622 e. The fourth-order valence-electron chi connectivity index (χ4n) is 5.43. The van der Waals surface area contributed by atoms with Gasteiger partial charge in [-0.3, -0.25) is 0 Å². The summed E-state index contributed by atoms with van der Waals surface area (Å²) >= 11 is 0. The minimum absolute atomic E-state index is 0.00805. The van der Waals surface area contributed by atoms with Crippen LogP contribution in [0, 0.1) is 0 Å². The van der Waals surface area contributed by atoms with Gasteiger partial charge in [-0.25, -0.2) is 0 Å². The molecule has 0 saturated heterocycles. The van der Waals surface area contributed by atoms with Gasteiger partial charge in [0.1, 0.15) is 0 Å². The van der Waals surface area contributed by atoms with Gasteiger partial charge in [0, 0.05) is 5.41 Å². The van der Waals surface area contributed by atoms with Gasteiger partial charge in [-0.2, -0.15) is 0 Å². The summed E-state index contributed by atoms with van der Waals surface area (Å²) < 4.78 is 0. The zero-order chi connectivity index (χ0) is 22.4. The molecule has 0 aromatic heterocycles. The molecule has 0 nitrogen and oxygen atoms in total. The van der Waals surface area contributed by atoms with E-state index in [0.29, 0.717) is 0 Å². The van der Waals surface area contributed by atoms with Crippen LogP contribution in [0.2, 0.25) is 0 Å². The van der Waals surface area contributed by atoms with Crippen LogP contribution in [0.3, 0.4) is 0 Å². The second kappa shape index (κ2) is 7.60. The summed E-state index contributed by atoms with van der Waals surface area (Å²) in [5.41, 5.74) is 13.1. The highest BCUT2D eigenvalue weighted by atomic mass is 14.4. The highest BCUT2D eigenvalue weighted by Gasteiger charge is 2.36. The maximum atomic E-state index is 2.38. The average Bonchev–Trinajstić information content (AvgIpc) is 3.12. The molecule has 0 atom stereocenters. The van der Waals surface area contributed by atoms with Crippen molar-refractivity contribution in [2.24, 2.45) is 0 Å². The van der Waals surface area contributed by atoms with E-state index in [1.54, 1.807) is 0 Å². The molecule has 0 radical (unpaired) electrons. The standard InChI is InChI=1S/C33H26/c1-33(2)30-18-10-9-16-28(30)32-27(17-11-19-31(32)33)29-22-25(23-12-5-3-6-13-23)20-21-26(29)24-14-7-4-8-15-24/h3-22H,1-2H3. The quantitative estimate of drug-likeness (QED) is 0.272. The first-order valence-corrected chi connectivity index (χ1v) is 11.6. The first-order valence-electron chi connectivity index (χ1n) is 11.6. The first kappa shape index (κ1) is 19.8. The summed E-state index contributed by atoms with van der Waals surface area (Å²) in [6.07, 6.45) is 0. The molecule has 0 saturated carbocycles. The minimum atomic E-state index is -0.00805. The molecule has 0 amide bonds. The van der Waals surface area contributed by atoms with Crippen LogP contribution < -0.4 is 0 Å². The fraction of sp³-hybridized carbons (Fsp3) is 0.0909. The van der Waals surface area contributed by atoms with Crippen molar-refractivity contribution in [3.05, 3.63) is 132 Å². The van der Waals surface area contributed by atoms with Crippen LogP contribution >= 0.6 is 0 Å². The van der Waals surface area contributed by atoms with Crippen LogP contribution in [0.25, 0.3) is 44.5 Å². The van der Waals surface area contributed by atoms with Gasteiger partial charge in [-0.1, -0.05) is 129 Å². The summed E-state index contributed by atoms with van der Waals surface area (Å²) in [7, 11) is 0. The Labute approximate surface area is 196 Å². The Bertz CT molecular complexity index is 1460. The Kier molecular flexibility index (Phi) is 4.55. The van der Waals surface area contributed by atoms with Gasteiger partial charge in [0.2, 0.25) is 0 Å². The van der Waals surface area contributed by atoms with E-state index >= 15 is 0 Å². The summed E-state index contributed by atoms with van der Waals surface area (Å²) in [6, 6.07) is 44.1. The zero-order valence-electron chi connectivity index (χ0n) is 19.0. The van der Waals surface area contributed by atoms with E-state index in [1.165, 1.54) is 55.6 Å². The number of hydrogen-bond acceptors (Lipinski definition) is 0. The molecule has 1 aliphatic carbocycles. The third-order valence-electron chi connectivity index (χ3n) is 7.11. The van der Waals surface area contributed by atoms with Crippen LogP contribution in [-0.2, 0) is 5.41 Å². The van der Waals surface area contributed by atoms with E-state index in [2.05, 4.69) is 135 Å². The lowest BCUT2D eigenvalue weighted by molar-refractivity contribution is 0.660. The molecule has 0 N–H and O–H groups in total. The molecule has 0 bridgehead atoms. The molecular weight excluding hydrogens is 396 g/mol. The predicted molar refractivity (Wildman–Crippen MR) is 140 cm³/mol. The van der Waals surface area contributed by atoms with Gasteiger partial charge in [-0.05, 0) is 61.7 Å². The van der Waals surface area contributed by atoms with Crippen molar-refractivity contribution in [3.63, 3.8) is 0 Å². The smallest absolute Gasteiger partial charge is 0.0159 e. The molecule has 5 aromatic carbocycles. The molecule has 0 aliphatic heterocycles. The van der Waals surface area contributed by atoms with Gasteiger partial charge in [0.05, 0.1) is 0 Å². The van der Waals surface area contributed by atoms with Crippen LogP contribution in [0.15, 0.2) is 121 Å².